The second-order valence-electron chi connectivity index (χ2n) is 1.50. The van der Waals surface area contributed by atoms with Crippen LogP contribution in [0.15, 0.2) is 0 Å². The fourth-order valence-corrected chi connectivity index (χ4v) is 2.30. The first-order valence-corrected chi connectivity index (χ1v) is 6.52. The van der Waals surface area contributed by atoms with Gasteiger partial charge in [-0.25, -0.2) is 0 Å². The first-order valence-electron chi connectivity index (χ1n) is 2.96. The van der Waals surface area contributed by atoms with Crippen LogP contribution >= 0.6 is 9.53 Å². The van der Waals surface area contributed by atoms with Crippen LogP contribution in [-0.2, 0) is 16.2 Å². The van der Waals surface area contributed by atoms with Crippen LogP contribution in [0.25, 0.3) is 0 Å². The summed E-state index contributed by atoms with van der Waals surface area (Å²) in [5.74, 6) is 0. The predicted molar refractivity (Wildman–Crippen MR) is 40.0 cm³/mol. The molecule has 0 rings (SSSR count). The summed E-state index contributed by atoms with van der Waals surface area (Å²) in [5.41, 5.74) is 10.5. The van der Waals surface area contributed by atoms with Crippen LogP contribution in [-0.4, -0.2) is 26.2 Å². The molecule has 0 aromatic carbocycles. The molecule has 0 amide bonds. The Kier molecular flexibility index (Phi) is 8.52. The van der Waals surface area contributed by atoms with E-state index in [1.165, 1.54) is 0 Å². The maximum atomic E-state index is 5.82. The van der Waals surface area contributed by atoms with E-state index in [0.29, 0.717) is 13.1 Å². The monoisotopic (exact) mass is 259 g/mol. The Balaban J connectivity index is 3.00. The number of nitrogens with two attached hydrogens (primary N) is 2. The van der Waals surface area contributed by atoms with Crippen molar-refractivity contribution in [3.63, 3.8) is 0 Å². The van der Waals surface area contributed by atoms with Crippen molar-refractivity contribution >= 4 is 9.53 Å². The second-order valence-corrected chi connectivity index (χ2v) is 4.99. The molecule has 0 aromatic heterocycles. The zero-order chi connectivity index (χ0) is 7.82. The Labute approximate surface area is 71.5 Å². The molecule has 0 heterocycles. The van der Waals surface area contributed by atoms with E-state index < -0.39 is 16.2 Å². The van der Waals surface area contributed by atoms with Crippen LogP contribution in [0.1, 0.15) is 0 Å². The Morgan fingerprint density at radius 3 is 1.80 bits per heavy atom. The van der Waals surface area contributed by atoms with E-state index in [9.17, 15) is 0 Å². The molecule has 10 heavy (non-hydrogen) atoms. The Morgan fingerprint density at radius 2 is 1.50 bits per heavy atom. The molecule has 0 saturated heterocycles. The zero-order valence-electron chi connectivity index (χ0n) is 5.68. The summed E-state index contributed by atoms with van der Waals surface area (Å²) in [6, 6.07) is 0. The molecule has 67 valence electrons. The Morgan fingerprint density at radius 1 is 1.10 bits per heavy atom. The van der Waals surface area contributed by atoms with Gasteiger partial charge in [0, 0.05) is 0 Å². The molecule has 0 unspecified atom stereocenters. The van der Waals surface area contributed by atoms with E-state index >= 15 is 0 Å². The first-order chi connectivity index (χ1) is 4.81. The van der Waals surface area contributed by atoms with E-state index in [-0.39, 0.29) is 0 Å². The van der Waals surface area contributed by atoms with Crippen LogP contribution in [0.5, 0.6) is 0 Å². The fraction of sp³-hybridized carbons (Fsp3) is 1.00. The predicted octanol–water partition coefficient (Wildman–Crippen LogP) is -1.31. The Hall–Kier alpha value is 0.792. The molecule has 0 aliphatic rings. The van der Waals surface area contributed by atoms with Crippen molar-refractivity contribution in [2.75, 3.05) is 26.2 Å². The maximum absolute atomic E-state index is 5.82. The molecule has 0 fully saturated rings. The minimum absolute atomic E-state index is 0.620. The summed E-state index contributed by atoms with van der Waals surface area (Å²) in [6.45, 7) is 2.77. The average Bonchev–Trinajstić information content (AvgIpc) is 1.97. The van der Waals surface area contributed by atoms with Gasteiger partial charge in [0.05, 0.1) is 0 Å². The van der Waals surface area contributed by atoms with Crippen molar-refractivity contribution < 1.29 is 16.2 Å². The number of hydrogen-bond donors (Lipinski definition) is 4. The fourth-order valence-electron chi connectivity index (χ4n) is 0.270. The average molecular weight is 260 g/mol. The molecule has 0 spiro atoms. The van der Waals surface area contributed by atoms with Gasteiger partial charge in [-0.05, 0) is 0 Å². The normalized spacial score (nSPS) is 11.7. The molecular formula is C4H14ClN4Pd. The second kappa shape index (κ2) is 7.89. The molecule has 0 aliphatic heterocycles. The molecule has 0 aliphatic carbocycles. The van der Waals surface area contributed by atoms with Gasteiger partial charge in [0.2, 0.25) is 0 Å². The van der Waals surface area contributed by atoms with Gasteiger partial charge < -0.3 is 0 Å². The summed E-state index contributed by atoms with van der Waals surface area (Å²) >= 11 is -1.23. The molecule has 6 heteroatoms. The van der Waals surface area contributed by atoms with Gasteiger partial charge in [-0.2, -0.15) is 0 Å². The topological polar surface area (TPSA) is 76.1 Å². The van der Waals surface area contributed by atoms with Gasteiger partial charge in [0.25, 0.3) is 0 Å². The van der Waals surface area contributed by atoms with Crippen molar-refractivity contribution in [1.29, 1.82) is 0 Å². The standard InChI is InChI=1S/2C2H7N2.ClH.Pd/c2*3-1-2-4;;/h2*3H,1-2,4H2;1H;/q2*-1;;+3/p-1. The van der Waals surface area contributed by atoms with Gasteiger partial charge in [-0.3, -0.25) is 0 Å². The van der Waals surface area contributed by atoms with Crippen molar-refractivity contribution in [3.8, 4) is 0 Å². The third kappa shape index (κ3) is 6.91. The van der Waals surface area contributed by atoms with E-state index in [1.807, 2.05) is 0 Å². The number of nitrogens with one attached hydrogen (secondary N) is 2. The molecule has 6 N–H and O–H groups in total. The number of halogens is 1. The molecule has 0 radical (unpaired) electrons. The van der Waals surface area contributed by atoms with Crippen molar-refractivity contribution in [1.82, 2.24) is 7.90 Å². The third-order valence-electron chi connectivity index (χ3n) is 0.643. The van der Waals surface area contributed by atoms with Gasteiger partial charge in [-0.1, -0.05) is 0 Å². The summed E-state index contributed by atoms with van der Waals surface area (Å²) in [7, 11) is 5.82. The molecular weight excluding hydrogens is 246 g/mol. The van der Waals surface area contributed by atoms with Crippen LogP contribution in [0.4, 0.5) is 0 Å². The number of hydrogen-bond acceptors (Lipinski definition) is 4. The van der Waals surface area contributed by atoms with Gasteiger partial charge in [0.1, 0.15) is 0 Å². The molecule has 0 bridgehead atoms. The van der Waals surface area contributed by atoms with Crippen LogP contribution in [0.2, 0.25) is 0 Å². The summed E-state index contributed by atoms with van der Waals surface area (Å²) in [6.07, 6.45) is 0. The summed E-state index contributed by atoms with van der Waals surface area (Å²) in [5, 5.41) is 0. The van der Waals surface area contributed by atoms with Crippen molar-refractivity contribution in [2.45, 2.75) is 0 Å². The van der Waals surface area contributed by atoms with E-state index in [1.54, 1.807) is 0 Å². The van der Waals surface area contributed by atoms with Gasteiger partial charge in [0.15, 0.2) is 0 Å². The third-order valence-corrected chi connectivity index (χ3v) is 3.39. The van der Waals surface area contributed by atoms with E-state index in [4.69, 9.17) is 21.0 Å². The number of rotatable bonds is 6. The molecule has 0 atom stereocenters. The first kappa shape index (κ1) is 10.8. The SMILES string of the molecule is NCC[NH][Pd]([Cl])[NH]CCN. The van der Waals surface area contributed by atoms with Crippen LogP contribution in [0, 0.1) is 0 Å². The summed E-state index contributed by atoms with van der Waals surface area (Å²) in [4.78, 5) is 0. The van der Waals surface area contributed by atoms with Crippen LogP contribution < -0.4 is 19.4 Å². The van der Waals surface area contributed by atoms with Crippen LogP contribution in [0.3, 0.4) is 0 Å². The minimum atomic E-state index is -1.23. The molecule has 4 nitrogen and oxygen atoms in total. The van der Waals surface area contributed by atoms with E-state index in [2.05, 4.69) is 7.90 Å². The zero-order valence-corrected chi connectivity index (χ0v) is 7.99. The quantitative estimate of drug-likeness (QED) is 0.447. The molecule has 0 aromatic rings. The molecule has 0 saturated carbocycles. The van der Waals surface area contributed by atoms with Crippen molar-refractivity contribution in [2.24, 2.45) is 11.5 Å². The van der Waals surface area contributed by atoms with E-state index in [0.717, 1.165) is 13.1 Å². The Bertz CT molecular complexity index is 66.3. The van der Waals surface area contributed by atoms with Gasteiger partial charge >= 0.3 is 71.3 Å². The van der Waals surface area contributed by atoms with Gasteiger partial charge in [-0.15, -0.1) is 0 Å². The van der Waals surface area contributed by atoms with Crippen molar-refractivity contribution in [3.05, 3.63) is 0 Å². The summed E-state index contributed by atoms with van der Waals surface area (Å²) < 4.78 is 6.12.